The fourth-order valence-electron chi connectivity index (χ4n) is 0.882. The summed E-state index contributed by atoms with van der Waals surface area (Å²) in [6, 6.07) is -0.351. The summed E-state index contributed by atoms with van der Waals surface area (Å²) in [6.45, 7) is 5.97. The molecule has 1 amide bonds. The summed E-state index contributed by atoms with van der Waals surface area (Å²) in [5, 5.41) is 15.2. The van der Waals surface area contributed by atoms with Crippen LogP contribution in [0.2, 0.25) is 0 Å². The van der Waals surface area contributed by atoms with Gasteiger partial charge in [0.2, 0.25) is 5.91 Å². The summed E-state index contributed by atoms with van der Waals surface area (Å²) in [7, 11) is 0. The average Bonchev–Trinajstić information content (AvgIpc) is 2.22. The molecule has 3 N–H and O–H groups in total. The van der Waals surface area contributed by atoms with E-state index in [1.165, 1.54) is 0 Å². The van der Waals surface area contributed by atoms with Crippen LogP contribution in [-0.4, -0.2) is 35.7 Å². The van der Waals surface area contributed by atoms with Crippen molar-refractivity contribution in [1.29, 1.82) is 0 Å². The molecular formula is C11H20N2O2. The summed E-state index contributed by atoms with van der Waals surface area (Å²) in [5.41, 5.74) is -0.777. The van der Waals surface area contributed by atoms with Gasteiger partial charge in [0, 0.05) is 6.54 Å². The molecule has 2 unspecified atom stereocenters. The molecule has 4 heteroatoms. The minimum Gasteiger partial charge on any atom is -0.389 e. The lowest BCUT2D eigenvalue weighted by Crippen LogP contribution is -2.47. The molecule has 86 valence electrons. The predicted octanol–water partition coefficient (Wildman–Crippen LogP) is -0.125. The van der Waals surface area contributed by atoms with Crippen molar-refractivity contribution in [2.75, 3.05) is 13.1 Å². The fraction of sp³-hybridized carbons (Fsp3) is 0.727. The molecule has 0 bridgehead atoms. The smallest absolute Gasteiger partial charge is 0.237 e. The molecule has 0 heterocycles. The summed E-state index contributed by atoms with van der Waals surface area (Å²) >= 11 is 0. The number of hydrogen-bond acceptors (Lipinski definition) is 3. The number of rotatable bonds is 6. The maximum atomic E-state index is 11.4. The van der Waals surface area contributed by atoms with Gasteiger partial charge in [-0.05, 0) is 20.3 Å². The van der Waals surface area contributed by atoms with Crippen molar-refractivity contribution >= 4 is 5.91 Å². The Hall–Kier alpha value is -1.05. The molecule has 0 aliphatic carbocycles. The first kappa shape index (κ1) is 13.9. The van der Waals surface area contributed by atoms with E-state index in [9.17, 15) is 9.90 Å². The van der Waals surface area contributed by atoms with Crippen LogP contribution in [0.25, 0.3) is 0 Å². The third-order valence-corrected chi connectivity index (χ3v) is 2.31. The van der Waals surface area contributed by atoms with E-state index in [0.29, 0.717) is 13.0 Å². The molecule has 0 aliphatic rings. The summed E-state index contributed by atoms with van der Waals surface area (Å²) in [6.07, 6.45) is 5.65. The summed E-state index contributed by atoms with van der Waals surface area (Å²) < 4.78 is 0. The van der Waals surface area contributed by atoms with E-state index < -0.39 is 5.60 Å². The lowest BCUT2D eigenvalue weighted by atomic mass is 10.0. The predicted molar refractivity (Wildman–Crippen MR) is 60.2 cm³/mol. The standard InChI is InChI=1S/C11H20N2O2/c1-5-7-12-10(14)9(3)13-8-11(4,15)6-2/h1,9,13,15H,6-8H2,2-4H3,(H,12,14). The van der Waals surface area contributed by atoms with E-state index in [-0.39, 0.29) is 18.5 Å². The van der Waals surface area contributed by atoms with Crippen LogP contribution in [0.5, 0.6) is 0 Å². The van der Waals surface area contributed by atoms with Gasteiger partial charge in [0.1, 0.15) is 0 Å². The number of terminal acetylenes is 1. The highest BCUT2D eigenvalue weighted by atomic mass is 16.3. The van der Waals surface area contributed by atoms with Gasteiger partial charge in [0.25, 0.3) is 0 Å². The van der Waals surface area contributed by atoms with E-state index in [0.717, 1.165) is 0 Å². The molecule has 0 aromatic carbocycles. The zero-order valence-corrected chi connectivity index (χ0v) is 9.63. The van der Waals surface area contributed by atoms with Crippen LogP contribution in [0.4, 0.5) is 0 Å². The van der Waals surface area contributed by atoms with Crippen molar-refractivity contribution in [3.05, 3.63) is 0 Å². The van der Waals surface area contributed by atoms with Gasteiger partial charge in [-0.1, -0.05) is 12.8 Å². The van der Waals surface area contributed by atoms with Gasteiger partial charge < -0.3 is 15.7 Å². The van der Waals surface area contributed by atoms with Crippen molar-refractivity contribution in [2.45, 2.75) is 38.8 Å². The highest BCUT2D eigenvalue weighted by molar-refractivity contribution is 5.81. The molecule has 0 aliphatic heterocycles. The molecule has 0 radical (unpaired) electrons. The molecule has 0 saturated carbocycles. The molecule has 0 aromatic heterocycles. The normalized spacial score (nSPS) is 16.2. The van der Waals surface area contributed by atoms with E-state index in [2.05, 4.69) is 16.6 Å². The van der Waals surface area contributed by atoms with E-state index in [1.807, 2.05) is 6.92 Å². The number of nitrogens with one attached hydrogen (secondary N) is 2. The molecule has 15 heavy (non-hydrogen) atoms. The Kier molecular flexibility index (Phi) is 5.99. The maximum absolute atomic E-state index is 11.4. The van der Waals surface area contributed by atoms with Gasteiger partial charge in [-0.15, -0.1) is 6.42 Å². The lowest BCUT2D eigenvalue weighted by Gasteiger charge is -2.24. The van der Waals surface area contributed by atoms with Gasteiger partial charge in [0.05, 0.1) is 18.2 Å². The van der Waals surface area contributed by atoms with Gasteiger partial charge in [-0.25, -0.2) is 0 Å². The molecule has 0 aromatic rings. The van der Waals surface area contributed by atoms with Crippen LogP contribution in [0.15, 0.2) is 0 Å². The van der Waals surface area contributed by atoms with Crippen molar-refractivity contribution in [2.24, 2.45) is 0 Å². The van der Waals surface area contributed by atoms with Crippen molar-refractivity contribution in [3.63, 3.8) is 0 Å². The second kappa shape index (κ2) is 6.44. The van der Waals surface area contributed by atoms with E-state index in [4.69, 9.17) is 6.42 Å². The number of carbonyl (C=O) groups excluding carboxylic acids is 1. The molecule has 0 saturated heterocycles. The lowest BCUT2D eigenvalue weighted by molar-refractivity contribution is -0.122. The minimum atomic E-state index is -0.777. The van der Waals surface area contributed by atoms with Crippen LogP contribution < -0.4 is 10.6 Å². The Balaban J connectivity index is 3.88. The molecule has 0 spiro atoms. The second-order valence-electron chi connectivity index (χ2n) is 3.88. The van der Waals surface area contributed by atoms with E-state index in [1.54, 1.807) is 13.8 Å². The Morgan fingerprint density at radius 2 is 2.27 bits per heavy atom. The van der Waals surface area contributed by atoms with Crippen LogP contribution in [0.3, 0.4) is 0 Å². The third kappa shape index (κ3) is 6.10. The maximum Gasteiger partial charge on any atom is 0.237 e. The summed E-state index contributed by atoms with van der Waals surface area (Å²) in [5.74, 6) is 2.17. The molecule has 2 atom stereocenters. The number of amides is 1. The largest absolute Gasteiger partial charge is 0.389 e. The average molecular weight is 212 g/mol. The zero-order valence-electron chi connectivity index (χ0n) is 9.63. The Bertz CT molecular complexity index is 243. The SMILES string of the molecule is C#CCNC(=O)C(C)NCC(C)(O)CC. The molecule has 0 fully saturated rings. The van der Waals surface area contributed by atoms with Gasteiger partial charge >= 0.3 is 0 Å². The quantitative estimate of drug-likeness (QED) is 0.538. The van der Waals surface area contributed by atoms with E-state index >= 15 is 0 Å². The number of aliphatic hydroxyl groups is 1. The highest BCUT2D eigenvalue weighted by Crippen LogP contribution is 2.06. The highest BCUT2D eigenvalue weighted by Gasteiger charge is 2.20. The molecule has 4 nitrogen and oxygen atoms in total. The first-order valence-electron chi connectivity index (χ1n) is 5.10. The summed E-state index contributed by atoms with van der Waals surface area (Å²) in [4.78, 5) is 11.4. The van der Waals surface area contributed by atoms with Gasteiger partial charge in [0.15, 0.2) is 0 Å². The fourth-order valence-corrected chi connectivity index (χ4v) is 0.882. The molecule has 0 rings (SSSR count). The first-order valence-corrected chi connectivity index (χ1v) is 5.10. The zero-order chi connectivity index (χ0) is 11.9. The van der Waals surface area contributed by atoms with Gasteiger partial charge in [-0.3, -0.25) is 4.79 Å². The van der Waals surface area contributed by atoms with Crippen molar-refractivity contribution < 1.29 is 9.90 Å². The number of carbonyl (C=O) groups is 1. The third-order valence-electron chi connectivity index (χ3n) is 2.31. The number of hydrogen-bond donors (Lipinski definition) is 3. The van der Waals surface area contributed by atoms with Crippen LogP contribution in [-0.2, 0) is 4.79 Å². The van der Waals surface area contributed by atoms with Crippen LogP contribution in [0.1, 0.15) is 27.2 Å². The molecular weight excluding hydrogens is 192 g/mol. The first-order chi connectivity index (χ1) is 6.93. The van der Waals surface area contributed by atoms with Crippen molar-refractivity contribution in [3.8, 4) is 12.3 Å². The Morgan fingerprint density at radius 3 is 2.73 bits per heavy atom. The Morgan fingerprint density at radius 1 is 1.67 bits per heavy atom. The van der Waals surface area contributed by atoms with Crippen LogP contribution >= 0.6 is 0 Å². The van der Waals surface area contributed by atoms with Crippen LogP contribution in [0, 0.1) is 12.3 Å². The Labute approximate surface area is 91.4 Å². The monoisotopic (exact) mass is 212 g/mol. The topological polar surface area (TPSA) is 61.4 Å². The second-order valence-corrected chi connectivity index (χ2v) is 3.88. The minimum absolute atomic E-state index is 0.153. The van der Waals surface area contributed by atoms with Gasteiger partial charge in [-0.2, -0.15) is 0 Å². The van der Waals surface area contributed by atoms with Crippen molar-refractivity contribution in [1.82, 2.24) is 10.6 Å².